The predicted molar refractivity (Wildman–Crippen MR) is 43.7 cm³/mol. The van der Waals surface area contributed by atoms with E-state index in [0.717, 1.165) is 11.0 Å². The Morgan fingerprint density at radius 3 is 2.67 bits per heavy atom. The summed E-state index contributed by atoms with van der Waals surface area (Å²) in [6.07, 6.45) is 4.30. The van der Waals surface area contributed by atoms with Crippen LogP contribution in [0.4, 0.5) is 0 Å². The fraction of sp³-hybridized carbons (Fsp3) is 1.00. The molecule has 54 valence electrons. The van der Waals surface area contributed by atoms with Gasteiger partial charge < -0.3 is 5.73 Å². The van der Waals surface area contributed by atoms with Crippen molar-refractivity contribution in [1.29, 1.82) is 0 Å². The highest BCUT2D eigenvalue weighted by molar-refractivity contribution is 8.00. The van der Waals surface area contributed by atoms with Gasteiger partial charge in [0.05, 0.1) is 0 Å². The summed E-state index contributed by atoms with van der Waals surface area (Å²) >= 11 is 2.05. The van der Waals surface area contributed by atoms with Crippen molar-refractivity contribution in [3.8, 4) is 0 Å². The molecule has 2 heteroatoms. The Bertz CT molecular complexity index is 79.0. The van der Waals surface area contributed by atoms with Crippen LogP contribution < -0.4 is 5.73 Å². The lowest BCUT2D eigenvalue weighted by molar-refractivity contribution is 0.521. The third-order valence-electron chi connectivity index (χ3n) is 1.65. The molecule has 0 bridgehead atoms. The van der Waals surface area contributed by atoms with Crippen LogP contribution in [0.15, 0.2) is 0 Å². The van der Waals surface area contributed by atoms with Crippen LogP contribution in [0.25, 0.3) is 0 Å². The van der Waals surface area contributed by atoms with E-state index >= 15 is 0 Å². The molecule has 0 amide bonds. The second-order valence-corrected chi connectivity index (χ2v) is 4.20. The summed E-state index contributed by atoms with van der Waals surface area (Å²) in [5.41, 5.74) is 5.60. The fourth-order valence-electron chi connectivity index (χ4n) is 0.825. The molecule has 0 saturated heterocycles. The Morgan fingerprint density at radius 2 is 2.33 bits per heavy atom. The maximum Gasteiger partial charge on any atom is 0.0102 e. The fourth-order valence-corrected chi connectivity index (χ4v) is 2.07. The molecule has 0 spiro atoms. The molecule has 0 radical (unpaired) electrons. The average molecular weight is 145 g/mol. The Labute approximate surface area is 61.4 Å². The van der Waals surface area contributed by atoms with Crippen molar-refractivity contribution in [3.05, 3.63) is 0 Å². The van der Waals surface area contributed by atoms with Crippen LogP contribution >= 0.6 is 11.8 Å². The van der Waals surface area contributed by atoms with Gasteiger partial charge in [0.25, 0.3) is 0 Å². The van der Waals surface area contributed by atoms with Crippen LogP contribution in [0.3, 0.4) is 0 Å². The van der Waals surface area contributed by atoms with Gasteiger partial charge in [0.2, 0.25) is 0 Å². The first kappa shape index (κ1) is 7.42. The first-order chi connectivity index (χ1) is 4.29. The van der Waals surface area contributed by atoms with Crippen molar-refractivity contribution >= 4 is 11.8 Å². The molecule has 1 fully saturated rings. The molecule has 0 aromatic carbocycles. The van der Waals surface area contributed by atoms with Crippen molar-refractivity contribution in [2.24, 2.45) is 5.73 Å². The normalized spacial score (nSPS) is 23.3. The van der Waals surface area contributed by atoms with Crippen LogP contribution in [0.1, 0.15) is 26.2 Å². The van der Waals surface area contributed by atoms with Gasteiger partial charge in [-0.05, 0) is 19.8 Å². The van der Waals surface area contributed by atoms with Crippen LogP contribution in [0.5, 0.6) is 0 Å². The summed E-state index contributed by atoms with van der Waals surface area (Å²) in [5.74, 6) is 1.14. The lowest BCUT2D eigenvalue weighted by Crippen LogP contribution is -2.22. The van der Waals surface area contributed by atoms with Crippen molar-refractivity contribution in [2.75, 3.05) is 5.75 Å². The number of hydrogen-bond donors (Lipinski definition) is 1. The second kappa shape index (κ2) is 3.47. The van der Waals surface area contributed by atoms with E-state index < -0.39 is 0 Å². The van der Waals surface area contributed by atoms with E-state index in [2.05, 4.69) is 6.92 Å². The lowest BCUT2D eigenvalue weighted by atomic mass is 10.0. The first-order valence-corrected chi connectivity index (χ1v) is 4.71. The van der Waals surface area contributed by atoms with Gasteiger partial charge in [-0.25, -0.2) is 0 Å². The number of hydrogen-bond acceptors (Lipinski definition) is 2. The van der Waals surface area contributed by atoms with E-state index in [-0.39, 0.29) is 0 Å². The van der Waals surface area contributed by atoms with Crippen LogP contribution in [0.2, 0.25) is 0 Å². The van der Waals surface area contributed by atoms with Gasteiger partial charge >= 0.3 is 0 Å². The molecule has 1 aliphatic rings. The van der Waals surface area contributed by atoms with Crippen molar-refractivity contribution in [3.63, 3.8) is 0 Å². The topological polar surface area (TPSA) is 26.0 Å². The molecule has 1 saturated carbocycles. The van der Waals surface area contributed by atoms with Crippen molar-refractivity contribution < 1.29 is 0 Å². The molecule has 0 aromatic heterocycles. The SMILES string of the molecule is CC(N)CSC1CCC1. The predicted octanol–water partition coefficient (Wildman–Crippen LogP) is 1.62. The highest BCUT2D eigenvalue weighted by atomic mass is 32.2. The Kier molecular flexibility index (Phi) is 2.86. The van der Waals surface area contributed by atoms with E-state index in [9.17, 15) is 0 Å². The summed E-state index contributed by atoms with van der Waals surface area (Å²) in [5, 5.41) is 0.955. The summed E-state index contributed by atoms with van der Waals surface area (Å²) in [4.78, 5) is 0. The zero-order chi connectivity index (χ0) is 6.69. The zero-order valence-corrected chi connectivity index (χ0v) is 6.79. The molecule has 0 heterocycles. The molecule has 1 rings (SSSR count). The highest BCUT2D eigenvalue weighted by Gasteiger charge is 2.17. The van der Waals surface area contributed by atoms with Crippen LogP contribution in [0, 0.1) is 0 Å². The molecular formula is C7H15NS. The second-order valence-electron chi connectivity index (χ2n) is 2.86. The summed E-state index contributed by atoms with van der Waals surface area (Å²) in [7, 11) is 0. The minimum atomic E-state index is 0.385. The van der Waals surface area contributed by atoms with Crippen molar-refractivity contribution in [2.45, 2.75) is 37.5 Å². The molecule has 1 nitrogen and oxygen atoms in total. The first-order valence-electron chi connectivity index (χ1n) is 3.66. The monoisotopic (exact) mass is 145 g/mol. The molecule has 1 aliphatic carbocycles. The number of thioether (sulfide) groups is 1. The maximum atomic E-state index is 5.60. The van der Waals surface area contributed by atoms with Gasteiger partial charge in [0, 0.05) is 17.0 Å². The van der Waals surface area contributed by atoms with E-state index in [0.29, 0.717) is 6.04 Å². The Hall–Kier alpha value is 0.310. The van der Waals surface area contributed by atoms with Gasteiger partial charge in [0.1, 0.15) is 0 Å². The quantitative estimate of drug-likeness (QED) is 0.653. The van der Waals surface area contributed by atoms with Crippen LogP contribution in [-0.2, 0) is 0 Å². The van der Waals surface area contributed by atoms with E-state index in [1.165, 1.54) is 19.3 Å². The Balaban J connectivity index is 1.91. The van der Waals surface area contributed by atoms with E-state index in [1.807, 2.05) is 11.8 Å². The summed E-state index contributed by atoms with van der Waals surface area (Å²) in [6, 6.07) is 0.385. The standard InChI is InChI=1S/C7H15NS/c1-6(8)5-9-7-3-2-4-7/h6-7H,2-5,8H2,1H3. The molecule has 1 atom stereocenters. The number of rotatable bonds is 3. The summed E-state index contributed by atoms with van der Waals surface area (Å²) < 4.78 is 0. The van der Waals surface area contributed by atoms with Crippen molar-refractivity contribution in [1.82, 2.24) is 0 Å². The molecule has 9 heavy (non-hydrogen) atoms. The van der Waals surface area contributed by atoms with Crippen LogP contribution in [-0.4, -0.2) is 17.0 Å². The van der Waals surface area contributed by atoms with Gasteiger partial charge in [0.15, 0.2) is 0 Å². The average Bonchev–Trinajstić information content (AvgIpc) is 1.60. The number of nitrogens with two attached hydrogens (primary N) is 1. The smallest absolute Gasteiger partial charge is 0.0102 e. The molecular weight excluding hydrogens is 130 g/mol. The minimum absolute atomic E-state index is 0.385. The zero-order valence-electron chi connectivity index (χ0n) is 5.97. The van der Waals surface area contributed by atoms with Gasteiger partial charge in [-0.1, -0.05) is 6.42 Å². The molecule has 2 N–H and O–H groups in total. The highest BCUT2D eigenvalue weighted by Crippen LogP contribution is 2.31. The van der Waals surface area contributed by atoms with E-state index in [4.69, 9.17) is 5.73 Å². The van der Waals surface area contributed by atoms with Gasteiger partial charge in [-0.15, -0.1) is 0 Å². The van der Waals surface area contributed by atoms with Gasteiger partial charge in [-0.3, -0.25) is 0 Å². The lowest BCUT2D eigenvalue weighted by Gasteiger charge is -2.25. The minimum Gasteiger partial charge on any atom is -0.327 e. The summed E-state index contributed by atoms with van der Waals surface area (Å²) in [6.45, 7) is 2.08. The largest absolute Gasteiger partial charge is 0.327 e. The molecule has 0 aromatic rings. The third kappa shape index (κ3) is 2.59. The molecule has 1 unspecified atom stereocenters. The third-order valence-corrected chi connectivity index (χ3v) is 3.31. The van der Waals surface area contributed by atoms with Gasteiger partial charge in [-0.2, -0.15) is 11.8 Å². The van der Waals surface area contributed by atoms with E-state index in [1.54, 1.807) is 0 Å². The Morgan fingerprint density at radius 1 is 1.67 bits per heavy atom. The maximum absolute atomic E-state index is 5.60. The molecule has 0 aliphatic heterocycles.